The van der Waals surface area contributed by atoms with E-state index in [-0.39, 0.29) is 12.5 Å². The number of hydrogen-bond acceptors (Lipinski definition) is 4. The Bertz CT molecular complexity index is 488. The third-order valence-corrected chi connectivity index (χ3v) is 4.09. The van der Waals surface area contributed by atoms with Crippen LogP contribution in [0.1, 0.15) is 35.5 Å². The molecule has 0 fully saturated rings. The van der Waals surface area contributed by atoms with Crippen molar-refractivity contribution in [3.05, 3.63) is 21.9 Å². The first kappa shape index (κ1) is 16.7. The molecule has 0 aromatic carbocycles. The maximum atomic E-state index is 11.9. The van der Waals surface area contributed by atoms with Crippen LogP contribution in [0.5, 0.6) is 0 Å². The smallest absolute Gasteiger partial charge is 0.252 e. The van der Waals surface area contributed by atoms with Crippen molar-refractivity contribution in [2.75, 3.05) is 26.7 Å². The monoisotopic (exact) mass is 294 g/mol. The second-order valence-corrected chi connectivity index (χ2v) is 5.56. The zero-order valence-corrected chi connectivity index (χ0v) is 13.1. The number of carbonyl (C=O) groups is 1. The van der Waals surface area contributed by atoms with Gasteiger partial charge in [0.1, 0.15) is 6.61 Å². The molecule has 0 saturated carbocycles. The first-order chi connectivity index (χ1) is 9.58. The molecule has 0 saturated heterocycles. The van der Waals surface area contributed by atoms with E-state index in [0.29, 0.717) is 18.2 Å². The summed E-state index contributed by atoms with van der Waals surface area (Å²) in [5.41, 5.74) is 0.628. The van der Waals surface area contributed by atoms with Gasteiger partial charge in [0.05, 0.1) is 10.4 Å². The highest BCUT2D eigenvalue weighted by atomic mass is 32.1. The molecule has 0 bridgehead atoms. The highest BCUT2D eigenvalue weighted by molar-refractivity contribution is 7.10. The van der Waals surface area contributed by atoms with Crippen LogP contribution in [0.2, 0.25) is 0 Å². The van der Waals surface area contributed by atoms with Crippen LogP contribution in [-0.4, -0.2) is 48.7 Å². The summed E-state index contributed by atoms with van der Waals surface area (Å²) in [6.07, 6.45) is 1.10. The van der Waals surface area contributed by atoms with Crippen LogP contribution in [-0.2, 0) is 0 Å². The standard InChI is InChI=1S/C15H22N2O2S/c1-4-12(2)17(3)8-7-16-15(19)13-10-14(20-11-13)6-5-9-18/h10-12,18H,4,7-9H2,1-3H3,(H,16,19). The van der Waals surface area contributed by atoms with Gasteiger partial charge in [-0.3, -0.25) is 4.79 Å². The molecule has 1 unspecified atom stereocenters. The van der Waals surface area contributed by atoms with E-state index in [4.69, 9.17) is 5.11 Å². The van der Waals surface area contributed by atoms with Crippen LogP contribution in [0.3, 0.4) is 0 Å². The van der Waals surface area contributed by atoms with Crippen LogP contribution in [0.15, 0.2) is 11.4 Å². The largest absolute Gasteiger partial charge is 0.384 e. The van der Waals surface area contributed by atoms with Crippen molar-refractivity contribution in [3.8, 4) is 11.8 Å². The number of rotatable bonds is 6. The molecule has 0 aliphatic carbocycles. The first-order valence-electron chi connectivity index (χ1n) is 6.75. The molecule has 1 aromatic heterocycles. The van der Waals surface area contributed by atoms with Crippen molar-refractivity contribution >= 4 is 17.2 Å². The van der Waals surface area contributed by atoms with Crippen LogP contribution < -0.4 is 5.32 Å². The van der Waals surface area contributed by atoms with Crippen LogP contribution >= 0.6 is 11.3 Å². The third-order valence-electron chi connectivity index (χ3n) is 3.25. The lowest BCUT2D eigenvalue weighted by molar-refractivity contribution is 0.0948. The van der Waals surface area contributed by atoms with Crippen LogP contribution in [0.25, 0.3) is 0 Å². The maximum absolute atomic E-state index is 11.9. The predicted octanol–water partition coefficient (Wildman–Crippen LogP) is 1.55. The second-order valence-electron chi connectivity index (χ2n) is 4.65. The Balaban J connectivity index is 2.41. The van der Waals surface area contributed by atoms with Crippen molar-refractivity contribution in [1.82, 2.24) is 10.2 Å². The number of likely N-dealkylation sites (N-methyl/N-ethyl adjacent to an activating group) is 1. The minimum absolute atomic E-state index is 0.0733. The Hall–Kier alpha value is -1.35. The summed E-state index contributed by atoms with van der Waals surface area (Å²) in [6, 6.07) is 2.27. The summed E-state index contributed by atoms with van der Waals surface area (Å²) in [4.78, 5) is 15.0. The van der Waals surface area contributed by atoms with Crippen LogP contribution in [0, 0.1) is 11.8 Å². The topological polar surface area (TPSA) is 52.6 Å². The second kappa shape index (κ2) is 8.75. The van der Waals surface area contributed by atoms with Gasteiger partial charge in [-0.2, -0.15) is 0 Å². The van der Waals surface area contributed by atoms with Gasteiger partial charge in [-0.05, 0) is 26.5 Å². The lowest BCUT2D eigenvalue weighted by atomic mass is 10.2. The van der Waals surface area contributed by atoms with E-state index < -0.39 is 0 Å². The summed E-state index contributed by atoms with van der Waals surface area (Å²) < 4.78 is 0. The number of carbonyl (C=O) groups excluding carboxylic acids is 1. The Morgan fingerprint density at radius 3 is 3.00 bits per heavy atom. The van der Waals surface area contributed by atoms with E-state index in [1.54, 1.807) is 11.4 Å². The summed E-state index contributed by atoms with van der Waals surface area (Å²) in [6.45, 7) is 5.63. The molecule has 2 N–H and O–H groups in total. The fourth-order valence-corrected chi connectivity index (χ4v) is 2.38. The molecule has 1 rings (SSSR count). The lowest BCUT2D eigenvalue weighted by Crippen LogP contribution is -2.36. The predicted molar refractivity (Wildman–Crippen MR) is 83.0 cm³/mol. The molecule has 1 amide bonds. The molecule has 0 aliphatic heterocycles. The van der Waals surface area contributed by atoms with Gasteiger partial charge in [-0.15, -0.1) is 11.3 Å². The Labute approximate surface area is 124 Å². The van der Waals surface area contributed by atoms with Gasteiger partial charge in [0.15, 0.2) is 0 Å². The highest BCUT2D eigenvalue weighted by Crippen LogP contribution is 2.13. The van der Waals surface area contributed by atoms with E-state index in [1.807, 2.05) is 0 Å². The molecule has 4 nitrogen and oxygen atoms in total. The average Bonchev–Trinajstić information content (AvgIpc) is 2.92. The Morgan fingerprint density at radius 1 is 1.60 bits per heavy atom. The number of amides is 1. The minimum Gasteiger partial charge on any atom is -0.384 e. The molecule has 5 heteroatoms. The summed E-state index contributed by atoms with van der Waals surface area (Å²) in [5.74, 6) is 5.29. The SMILES string of the molecule is CCC(C)N(C)CCNC(=O)c1csc(C#CCO)c1. The van der Waals surface area contributed by atoms with Crippen LogP contribution in [0.4, 0.5) is 0 Å². The van der Waals surface area contributed by atoms with Gasteiger partial charge in [-0.1, -0.05) is 18.8 Å². The summed E-state index contributed by atoms with van der Waals surface area (Å²) in [5, 5.41) is 13.3. The number of thiophene rings is 1. The summed E-state index contributed by atoms with van der Waals surface area (Å²) in [7, 11) is 2.06. The summed E-state index contributed by atoms with van der Waals surface area (Å²) >= 11 is 1.41. The third kappa shape index (κ3) is 5.33. The highest BCUT2D eigenvalue weighted by Gasteiger charge is 2.09. The zero-order valence-electron chi connectivity index (χ0n) is 12.3. The first-order valence-corrected chi connectivity index (χ1v) is 7.63. The quantitative estimate of drug-likeness (QED) is 0.783. The van der Waals surface area contributed by atoms with Crippen molar-refractivity contribution < 1.29 is 9.90 Å². The normalized spacial score (nSPS) is 11.8. The molecule has 0 aliphatic rings. The zero-order chi connectivity index (χ0) is 15.0. The molecule has 1 atom stereocenters. The molecular formula is C15H22N2O2S. The van der Waals surface area contributed by atoms with Gasteiger partial charge >= 0.3 is 0 Å². The van der Waals surface area contributed by atoms with E-state index in [0.717, 1.165) is 17.8 Å². The van der Waals surface area contributed by atoms with Gasteiger partial charge in [0.2, 0.25) is 0 Å². The minimum atomic E-state index is -0.165. The Kier molecular flexibility index (Phi) is 7.31. The lowest BCUT2D eigenvalue weighted by Gasteiger charge is -2.23. The Morgan fingerprint density at radius 2 is 2.35 bits per heavy atom. The molecule has 0 spiro atoms. The van der Waals surface area contributed by atoms with Gasteiger partial charge < -0.3 is 15.3 Å². The van der Waals surface area contributed by atoms with Gasteiger partial charge in [0, 0.05) is 24.5 Å². The van der Waals surface area contributed by atoms with E-state index in [1.165, 1.54) is 11.3 Å². The molecule has 1 heterocycles. The van der Waals surface area contributed by atoms with Crippen molar-refractivity contribution in [3.63, 3.8) is 0 Å². The molecule has 110 valence electrons. The van der Waals surface area contributed by atoms with Crippen molar-refractivity contribution in [2.45, 2.75) is 26.3 Å². The average molecular weight is 294 g/mol. The number of aliphatic hydroxyl groups is 1. The molecule has 0 radical (unpaired) electrons. The molecule has 20 heavy (non-hydrogen) atoms. The number of aliphatic hydroxyl groups excluding tert-OH is 1. The van der Waals surface area contributed by atoms with Crippen molar-refractivity contribution in [1.29, 1.82) is 0 Å². The maximum Gasteiger partial charge on any atom is 0.252 e. The van der Waals surface area contributed by atoms with Gasteiger partial charge in [-0.25, -0.2) is 0 Å². The molecule has 1 aromatic rings. The van der Waals surface area contributed by atoms with E-state index >= 15 is 0 Å². The van der Waals surface area contributed by atoms with E-state index in [9.17, 15) is 4.79 Å². The van der Waals surface area contributed by atoms with Crippen molar-refractivity contribution in [2.24, 2.45) is 0 Å². The number of nitrogens with one attached hydrogen (secondary N) is 1. The van der Waals surface area contributed by atoms with E-state index in [2.05, 4.69) is 43.0 Å². The van der Waals surface area contributed by atoms with Gasteiger partial charge in [0.25, 0.3) is 5.91 Å². The molecular weight excluding hydrogens is 272 g/mol. The fraction of sp³-hybridized carbons (Fsp3) is 0.533. The number of hydrogen-bond donors (Lipinski definition) is 2. The fourth-order valence-electron chi connectivity index (χ4n) is 1.63. The number of nitrogens with zero attached hydrogens (tertiary/aromatic N) is 1.